The van der Waals surface area contributed by atoms with Crippen LogP contribution >= 0.6 is 11.3 Å². The first kappa shape index (κ1) is 12.4. The fourth-order valence-electron chi connectivity index (χ4n) is 2.01. The molecule has 0 unspecified atom stereocenters. The van der Waals surface area contributed by atoms with Crippen LogP contribution in [0.15, 0.2) is 29.1 Å². The van der Waals surface area contributed by atoms with Gasteiger partial charge in [0.25, 0.3) is 0 Å². The van der Waals surface area contributed by atoms with Crippen molar-refractivity contribution in [3.63, 3.8) is 0 Å². The SMILES string of the molecule is Cc1ncc(-c2cc(-c3ccsc3)nc(N)c2C#N)[nH]1. The molecule has 0 saturated carbocycles. The number of aromatic amines is 1. The Morgan fingerprint density at radius 3 is 2.90 bits per heavy atom. The maximum atomic E-state index is 9.29. The number of thiophene rings is 1. The third-order valence-electron chi connectivity index (χ3n) is 2.97. The molecular weight excluding hydrogens is 270 g/mol. The van der Waals surface area contributed by atoms with Gasteiger partial charge in [-0.3, -0.25) is 0 Å². The molecule has 3 heterocycles. The van der Waals surface area contributed by atoms with Crippen molar-refractivity contribution in [3.8, 4) is 28.6 Å². The Balaban J connectivity index is 2.24. The van der Waals surface area contributed by atoms with Crippen LogP contribution in [0, 0.1) is 18.3 Å². The van der Waals surface area contributed by atoms with Crippen molar-refractivity contribution in [2.24, 2.45) is 0 Å². The molecule has 0 saturated heterocycles. The molecule has 0 fully saturated rings. The molecule has 5 nitrogen and oxygen atoms in total. The minimum absolute atomic E-state index is 0.235. The maximum absolute atomic E-state index is 9.29. The second kappa shape index (κ2) is 4.79. The van der Waals surface area contributed by atoms with E-state index in [1.54, 1.807) is 17.5 Å². The molecule has 3 aromatic heterocycles. The normalized spacial score (nSPS) is 10.4. The van der Waals surface area contributed by atoms with E-state index < -0.39 is 0 Å². The lowest BCUT2D eigenvalue weighted by atomic mass is 10.0. The number of aryl methyl sites for hydroxylation is 1. The van der Waals surface area contributed by atoms with Crippen molar-refractivity contribution in [2.75, 3.05) is 5.73 Å². The topological polar surface area (TPSA) is 91.4 Å². The smallest absolute Gasteiger partial charge is 0.142 e. The van der Waals surface area contributed by atoms with Crippen LogP contribution in [-0.4, -0.2) is 15.0 Å². The van der Waals surface area contributed by atoms with Gasteiger partial charge in [-0.1, -0.05) is 0 Å². The lowest BCUT2D eigenvalue weighted by Gasteiger charge is -2.07. The Morgan fingerprint density at radius 2 is 2.30 bits per heavy atom. The zero-order chi connectivity index (χ0) is 14.1. The van der Waals surface area contributed by atoms with Gasteiger partial charge >= 0.3 is 0 Å². The van der Waals surface area contributed by atoms with Crippen molar-refractivity contribution in [2.45, 2.75) is 6.92 Å². The number of pyridine rings is 1. The van der Waals surface area contributed by atoms with Gasteiger partial charge in [0.1, 0.15) is 23.3 Å². The molecule has 0 spiro atoms. The predicted octanol–water partition coefficient (Wildman–Crippen LogP) is 2.96. The first-order valence-corrected chi connectivity index (χ1v) is 6.88. The lowest BCUT2D eigenvalue weighted by Crippen LogP contribution is -1.99. The third kappa shape index (κ3) is 2.04. The summed E-state index contributed by atoms with van der Waals surface area (Å²) in [6.07, 6.45) is 1.70. The number of nitriles is 1. The molecular formula is C14H11N5S. The van der Waals surface area contributed by atoms with E-state index in [-0.39, 0.29) is 5.82 Å². The van der Waals surface area contributed by atoms with Crippen LogP contribution in [0.5, 0.6) is 0 Å². The first-order valence-electron chi connectivity index (χ1n) is 5.94. The van der Waals surface area contributed by atoms with Gasteiger partial charge < -0.3 is 10.7 Å². The van der Waals surface area contributed by atoms with E-state index in [1.807, 2.05) is 29.8 Å². The number of nitrogens with one attached hydrogen (secondary N) is 1. The number of nitrogen functional groups attached to an aromatic ring is 1. The van der Waals surface area contributed by atoms with Gasteiger partial charge in [-0.2, -0.15) is 16.6 Å². The van der Waals surface area contributed by atoms with Crippen LogP contribution in [-0.2, 0) is 0 Å². The van der Waals surface area contributed by atoms with E-state index in [2.05, 4.69) is 21.0 Å². The van der Waals surface area contributed by atoms with Gasteiger partial charge in [-0.15, -0.1) is 0 Å². The van der Waals surface area contributed by atoms with E-state index in [0.29, 0.717) is 5.56 Å². The summed E-state index contributed by atoms with van der Waals surface area (Å²) in [4.78, 5) is 11.6. The van der Waals surface area contributed by atoms with Gasteiger partial charge in [0, 0.05) is 16.5 Å². The molecule has 0 radical (unpaired) electrons. The highest BCUT2D eigenvalue weighted by Gasteiger charge is 2.14. The predicted molar refractivity (Wildman–Crippen MR) is 79.0 cm³/mol. The van der Waals surface area contributed by atoms with E-state index >= 15 is 0 Å². The average Bonchev–Trinajstić information content (AvgIpc) is 3.08. The van der Waals surface area contributed by atoms with Crippen LogP contribution in [0.1, 0.15) is 11.4 Å². The molecule has 0 aliphatic heterocycles. The summed E-state index contributed by atoms with van der Waals surface area (Å²) in [5, 5.41) is 13.3. The molecule has 0 amide bonds. The summed E-state index contributed by atoms with van der Waals surface area (Å²) in [5.41, 5.74) is 9.52. The molecule has 3 rings (SSSR count). The summed E-state index contributed by atoms with van der Waals surface area (Å²) < 4.78 is 0. The van der Waals surface area contributed by atoms with E-state index in [0.717, 1.165) is 28.3 Å². The van der Waals surface area contributed by atoms with Gasteiger partial charge in [0.2, 0.25) is 0 Å². The van der Waals surface area contributed by atoms with Gasteiger partial charge in [0.05, 0.1) is 17.6 Å². The van der Waals surface area contributed by atoms with E-state index in [4.69, 9.17) is 5.73 Å². The number of nitrogens with two attached hydrogens (primary N) is 1. The molecule has 0 bridgehead atoms. The van der Waals surface area contributed by atoms with Crippen LogP contribution in [0.4, 0.5) is 5.82 Å². The average molecular weight is 281 g/mol. The quantitative estimate of drug-likeness (QED) is 0.755. The monoisotopic (exact) mass is 281 g/mol. The van der Waals surface area contributed by atoms with E-state index in [9.17, 15) is 5.26 Å². The van der Waals surface area contributed by atoms with Gasteiger partial charge in [0.15, 0.2) is 0 Å². The number of anilines is 1. The molecule has 0 atom stereocenters. The molecule has 3 aromatic rings. The molecule has 3 N–H and O–H groups in total. The minimum atomic E-state index is 0.235. The molecule has 20 heavy (non-hydrogen) atoms. The number of rotatable bonds is 2. The number of nitrogens with zero attached hydrogens (tertiary/aromatic N) is 3. The van der Waals surface area contributed by atoms with Crippen LogP contribution in [0.2, 0.25) is 0 Å². The van der Waals surface area contributed by atoms with Gasteiger partial charge in [-0.25, -0.2) is 9.97 Å². The highest BCUT2D eigenvalue weighted by Crippen LogP contribution is 2.30. The Kier molecular flexibility index (Phi) is 2.97. The van der Waals surface area contributed by atoms with E-state index in [1.165, 1.54) is 0 Å². The second-order valence-electron chi connectivity index (χ2n) is 4.32. The number of H-pyrrole nitrogens is 1. The molecule has 98 valence electrons. The number of hydrogen-bond acceptors (Lipinski definition) is 5. The Hall–Kier alpha value is -2.65. The zero-order valence-corrected chi connectivity index (χ0v) is 11.5. The highest BCUT2D eigenvalue weighted by molar-refractivity contribution is 7.08. The van der Waals surface area contributed by atoms with Crippen LogP contribution < -0.4 is 5.73 Å². The lowest BCUT2D eigenvalue weighted by molar-refractivity contribution is 1.15. The molecule has 0 aliphatic carbocycles. The van der Waals surface area contributed by atoms with Crippen molar-refractivity contribution < 1.29 is 0 Å². The largest absolute Gasteiger partial charge is 0.383 e. The Morgan fingerprint density at radius 1 is 1.45 bits per heavy atom. The number of aromatic nitrogens is 3. The summed E-state index contributed by atoms with van der Waals surface area (Å²) in [7, 11) is 0. The third-order valence-corrected chi connectivity index (χ3v) is 3.65. The number of hydrogen-bond donors (Lipinski definition) is 2. The maximum Gasteiger partial charge on any atom is 0.142 e. The van der Waals surface area contributed by atoms with Crippen molar-refractivity contribution in [1.82, 2.24) is 15.0 Å². The Labute approximate surface area is 119 Å². The van der Waals surface area contributed by atoms with Crippen molar-refractivity contribution in [3.05, 3.63) is 40.5 Å². The number of imidazole rings is 1. The highest BCUT2D eigenvalue weighted by atomic mass is 32.1. The first-order chi connectivity index (χ1) is 9.69. The molecule has 0 aliphatic rings. The summed E-state index contributed by atoms with van der Waals surface area (Å²) in [5.74, 6) is 1.02. The van der Waals surface area contributed by atoms with Crippen molar-refractivity contribution in [1.29, 1.82) is 5.26 Å². The zero-order valence-electron chi connectivity index (χ0n) is 10.7. The Bertz CT molecular complexity index is 796. The van der Waals surface area contributed by atoms with Crippen molar-refractivity contribution >= 4 is 17.2 Å². The minimum Gasteiger partial charge on any atom is -0.383 e. The summed E-state index contributed by atoms with van der Waals surface area (Å²) in [6.45, 7) is 1.86. The summed E-state index contributed by atoms with van der Waals surface area (Å²) in [6, 6.07) is 5.95. The molecule has 0 aromatic carbocycles. The second-order valence-corrected chi connectivity index (χ2v) is 5.10. The van der Waals surface area contributed by atoms with Crippen LogP contribution in [0.3, 0.4) is 0 Å². The fraction of sp³-hybridized carbons (Fsp3) is 0.0714. The fourth-order valence-corrected chi connectivity index (χ4v) is 2.66. The summed E-state index contributed by atoms with van der Waals surface area (Å²) >= 11 is 1.59. The van der Waals surface area contributed by atoms with Crippen LogP contribution in [0.25, 0.3) is 22.5 Å². The standard InChI is InChI=1S/C14H11N5S/c1-8-17-6-13(18-8)10-4-12(9-2-3-20-7-9)19-14(16)11(10)5-15/h2-4,6-7H,1H3,(H2,16,19)(H,17,18). The van der Waals surface area contributed by atoms with Gasteiger partial charge in [-0.05, 0) is 24.4 Å². The molecule has 6 heteroatoms.